The molecule has 1 amide bonds. The summed E-state index contributed by atoms with van der Waals surface area (Å²) in [7, 11) is 0. The van der Waals surface area contributed by atoms with E-state index < -0.39 is 0 Å². The lowest BCUT2D eigenvalue weighted by atomic mass is 10.1. The van der Waals surface area contributed by atoms with Crippen LogP contribution in [0.3, 0.4) is 0 Å². The van der Waals surface area contributed by atoms with Crippen molar-refractivity contribution in [2.45, 2.75) is 13.8 Å². The van der Waals surface area contributed by atoms with E-state index in [-0.39, 0.29) is 5.91 Å². The lowest BCUT2D eigenvalue weighted by Crippen LogP contribution is -2.13. The molecule has 2 aromatic carbocycles. The molecule has 0 radical (unpaired) electrons. The smallest absolute Gasteiger partial charge is 0.256 e. The number of hydrogen-bond acceptors (Lipinski definition) is 1. The first kappa shape index (κ1) is 14.3. The van der Waals surface area contributed by atoms with Gasteiger partial charge >= 0.3 is 0 Å². The van der Waals surface area contributed by atoms with E-state index in [1.807, 2.05) is 50.2 Å². The van der Waals surface area contributed by atoms with E-state index >= 15 is 0 Å². The van der Waals surface area contributed by atoms with Crippen molar-refractivity contribution in [1.29, 1.82) is 0 Å². The summed E-state index contributed by atoms with van der Waals surface area (Å²) in [6.45, 7) is 3.93. The van der Waals surface area contributed by atoms with E-state index in [4.69, 9.17) is 0 Å². The molecule has 0 aromatic heterocycles. The van der Waals surface area contributed by atoms with Gasteiger partial charge in [0.05, 0.1) is 5.56 Å². The monoisotopic (exact) mass is 381 g/mol. The first-order valence-electron chi connectivity index (χ1n) is 5.81. The minimum atomic E-state index is -0.114. The van der Waals surface area contributed by atoms with Crippen molar-refractivity contribution < 1.29 is 4.79 Å². The Bertz CT molecular complexity index is 638. The number of carbonyl (C=O) groups is 1. The molecule has 2 nitrogen and oxygen atoms in total. The zero-order valence-electron chi connectivity index (χ0n) is 10.6. The van der Waals surface area contributed by atoms with Crippen molar-refractivity contribution in [1.82, 2.24) is 0 Å². The van der Waals surface area contributed by atoms with Crippen LogP contribution in [0.5, 0.6) is 0 Å². The van der Waals surface area contributed by atoms with Gasteiger partial charge in [0.1, 0.15) is 0 Å². The topological polar surface area (TPSA) is 29.1 Å². The van der Waals surface area contributed by atoms with E-state index in [2.05, 4.69) is 37.2 Å². The van der Waals surface area contributed by atoms with Gasteiger partial charge in [0.2, 0.25) is 0 Å². The maximum Gasteiger partial charge on any atom is 0.256 e. The normalized spacial score (nSPS) is 10.3. The molecule has 2 rings (SSSR count). The number of carbonyl (C=O) groups excluding carboxylic acids is 1. The number of aryl methyl sites for hydroxylation is 2. The Morgan fingerprint density at radius 3 is 2.53 bits per heavy atom. The third kappa shape index (κ3) is 3.45. The van der Waals surface area contributed by atoms with Crippen LogP contribution in [0.4, 0.5) is 5.69 Å². The maximum absolute atomic E-state index is 12.3. The van der Waals surface area contributed by atoms with Crippen LogP contribution in [-0.4, -0.2) is 5.91 Å². The molecule has 0 saturated heterocycles. The molecule has 98 valence electrons. The third-order valence-electron chi connectivity index (χ3n) is 2.81. The van der Waals surface area contributed by atoms with Crippen LogP contribution in [0, 0.1) is 13.8 Å². The second-order valence-corrected chi connectivity index (χ2v) is 6.17. The lowest BCUT2D eigenvalue weighted by molar-refractivity contribution is 0.102. The van der Waals surface area contributed by atoms with Crippen LogP contribution in [0.25, 0.3) is 0 Å². The highest BCUT2D eigenvalue weighted by atomic mass is 79.9. The minimum absolute atomic E-state index is 0.114. The van der Waals surface area contributed by atoms with Crippen LogP contribution < -0.4 is 5.32 Å². The molecule has 0 aliphatic rings. The van der Waals surface area contributed by atoms with Crippen LogP contribution in [0.15, 0.2) is 45.3 Å². The van der Waals surface area contributed by atoms with Gasteiger partial charge in [0.15, 0.2) is 0 Å². The highest BCUT2D eigenvalue weighted by molar-refractivity contribution is 9.10. The first-order valence-corrected chi connectivity index (χ1v) is 7.39. The fourth-order valence-electron chi connectivity index (χ4n) is 1.73. The average molecular weight is 383 g/mol. The number of hydrogen-bond donors (Lipinski definition) is 1. The van der Waals surface area contributed by atoms with Crippen LogP contribution in [-0.2, 0) is 0 Å². The molecule has 0 unspecified atom stereocenters. The SMILES string of the molecule is Cc1ccc(Br)c(C(=O)Nc2cc(Br)ccc2C)c1. The van der Waals surface area contributed by atoms with Gasteiger partial charge in [-0.3, -0.25) is 4.79 Å². The first-order chi connectivity index (χ1) is 8.97. The molecule has 0 saturated carbocycles. The maximum atomic E-state index is 12.3. The zero-order valence-corrected chi connectivity index (χ0v) is 13.8. The summed E-state index contributed by atoms with van der Waals surface area (Å²) in [4.78, 5) is 12.3. The van der Waals surface area contributed by atoms with Gasteiger partial charge in [0.25, 0.3) is 5.91 Å². The highest BCUT2D eigenvalue weighted by Crippen LogP contribution is 2.23. The molecule has 0 atom stereocenters. The summed E-state index contributed by atoms with van der Waals surface area (Å²) in [5, 5.41) is 2.94. The standard InChI is InChI=1S/C15H13Br2NO/c1-9-3-6-13(17)12(7-9)15(19)18-14-8-11(16)5-4-10(14)2/h3-8H,1-2H3,(H,18,19). The fraction of sp³-hybridized carbons (Fsp3) is 0.133. The number of benzene rings is 2. The molecule has 2 aromatic rings. The van der Waals surface area contributed by atoms with Gasteiger partial charge in [-0.2, -0.15) is 0 Å². The Balaban J connectivity index is 2.30. The number of anilines is 1. The van der Waals surface area contributed by atoms with Crippen molar-refractivity contribution in [2.75, 3.05) is 5.32 Å². The number of nitrogens with one attached hydrogen (secondary N) is 1. The van der Waals surface area contributed by atoms with E-state index in [9.17, 15) is 4.79 Å². The van der Waals surface area contributed by atoms with Gasteiger partial charge < -0.3 is 5.32 Å². The van der Waals surface area contributed by atoms with Crippen molar-refractivity contribution >= 4 is 43.5 Å². The van der Waals surface area contributed by atoms with Crippen LogP contribution >= 0.6 is 31.9 Å². The number of halogens is 2. The molecule has 0 heterocycles. The summed E-state index contributed by atoms with van der Waals surface area (Å²) in [6, 6.07) is 11.5. The molecule has 1 N–H and O–H groups in total. The molecular weight excluding hydrogens is 370 g/mol. The predicted molar refractivity (Wildman–Crippen MR) is 85.7 cm³/mol. The fourth-order valence-corrected chi connectivity index (χ4v) is 2.52. The largest absolute Gasteiger partial charge is 0.322 e. The summed E-state index contributed by atoms with van der Waals surface area (Å²) in [6.07, 6.45) is 0. The van der Waals surface area contributed by atoms with Gasteiger partial charge in [-0.15, -0.1) is 0 Å². The van der Waals surface area contributed by atoms with E-state index in [0.29, 0.717) is 5.56 Å². The van der Waals surface area contributed by atoms with E-state index in [0.717, 1.165) is 25.8 Å². The average Bonchev–Trinajstić information content (AvgIpc) is 2.36. The Labute approximate surface area is 129 Å². The highest BCUT2D eigenvalue weighted by Gasteiger charge is 2.11. The Morgan fingerprint density at radius 1 is 1.05 bits per heavy atom. The van der Waals surface area contributed by atoms with Crippen molar-refractivity contribution in [3.63, 3.8) is 0 Å². The lowest BCUT2D eigenvalue weighted by Gasteiger charge is -2.10. The van der Waals surface area contributed by atoms with Gasteiger partial charge in [-0.1, -0.05) is 33.6 Å². The second kappa shape index (κ2) is 5.88. The van der Waals surface area contributed by atoms with Gasteiger partial charge in [-0.25, -0.2) is 0 Å². The zero-order chi connectivity index (χ0) is 14.0. The molecule has 0 bridgehead atoms. The van der Waals surface area contributed by atoms with Crippen molar-refractivity contribution in [3.8, 4) is 0 Å². The quantitative estimate of drug-likeness (QED) is 0.770. The molecule has 19 heavy (non-hydrogen) atoms. The molecule has 0 fully saturated rings. The molecule has 0 spiro atoms. The minimum Gasteiger partial charge on any atom is -0.322 e. The van der Waals surface area contributed by atoms with E-state index in [1.165, 1.54) is 0 Å². The summed E-state index contributed by atoms with van der Waals surface area (Å²) in [5.41, 5.74) is 3.53. The van der Waals surface area contributed by atoms with E-state index in [1.54, 1.807) is 0 Å². The summed E-state index contributed by atoms with van der Waals surface area (Å²) in [5.74, 6) is -0.114. The van der Waals surface area contributed by atoms with Crippen LogP contribution in [0.1, 0.15) is 21.5 Å². The third-order valence-corrected chi connectivity index (χ3v) is 4.00. The number of rotatable bonds is 2. The van der Waals surface area contributed by atoms with Gasteiger partial charge in [0, 0.05) is 14.6 Å². The van der Waals surface area contributed by atoms with Crippen LogP contribution in [0.2, 0.25) is 0 Å². The van der Waals surface area contributed by atoms with Gasteiger partial charge in [-0.05, 0) is 59.6 Å². The predicted octanol–water partition coefficient (Wildman–Crippen LogP) is 5.08. The van der Waals surface area contributed by atoms with Crippen molar-refractivity contribution in [2.24, 2.45) is 0 Å². The molecule has 0 aliphatic carbocycles. The summed E-state index contributed by atoms with van der Waals surface area (Å²) >= 11 is 6.82. The second-order valence-electron chi connectivity index (χ2n) is 4.40. The molecule has 0 aliphatic heterocycles. The molecule has 4 heteroatoms. The Morgan fingerprint density at radius 2 is 1.79 bits per heavy atom. The summed E-state index contributed by atoms with van der Waals surface area (Å²) < 4.78 is 1.74. The molecular formula is C15H13Br2NO. The van der Waals surface area contributed by atoms with Crippen molar-refractivity contribution in [3.05, 3.63) is 62.0 Å². The Kier molecular flexibility index (Phi) is 4.42. The Hall–Kier alpha value is -1.13. The number of amides is 1.